The van der Waals surface area contributed by atoms with Gasteiger partial charge in [-0.25, -0.2) is 0 Å². The van der Waals surface area contributed by atoms with Crippen LogP contribution in [0.5, 0.6) is 11.5 Å². The van der Waals surface area contributed by atoms with E-state index in [-0.39, 0.29) is 0 Å². The number of aliphatic hydroxyl groups excluding tert-OH is 1. The van der Waals surface area contributed by atoms with Crippen molar-refractivity contribution in [3.05, 3.63) is 35.4 Å². The van der Waals surface area contributed by atoms with Gasteiger partial charge in [0.2, 0.25) is 0 Å². The second-order valence-corrected chi connectivity index (χ2v) is 4.18. The molecular formula is C14H20O3. The number of allylic oxidation sites excluding steroid dienone is 1. The van der Waals surface area contributed by atoms with Gasteiger partial charge in [0.25, 0.3) is 0 Å². The molecule has 0 spiro atoms. The number of hydrogen-bond donors (Lipinski definition) is 1. The fourth-order valence-electron chi connectivity index (χ4n) is 1.36. The molecule has 1 aromatic rings. The van der Waals surface area contributed by atoms with Crippen LogP contribution in [0, 0.1) is 0 Å². The van der Waals surface area contributed by atoms with Crippen molar-refractivity contribution >= 4 is 0 Å². The fourth-order valence-corrected chi connectivity index (χ4v) is 1.36. The molecule has 1 N–H and O–H groups in total. The minimum absolute atomic E-state index is 0.504. The van der Waals surface area contributed by atoms with Gasteiger partial charge in [0, 0.05) is 0 Å². The summed E-state index contributed by atoms with van der Waals surface area (Å²) in [6.45, 7) is 6.29. The molecule has 1 unspecified atom stereocenters. The van der Waals surface area contributed by atoms with E-state index in [4.69, 9.17) is 9.47 Å². The first kappa shape index (κ1) is 13.6. The molecule has 3 nitrogen and oxygen atoms in total. The summed E-state index contributed by atoms with van der Waals surface area (Å²) in [5, 5.41) is 9.48. The highest BCUT2D eigenvalue weighted by molar-refractivity contribution is 5.43. The third-order valence-electron chi connectivity index (χ3n) is 2.40. The van der Waals surface area contributed by atoms with Crippen molar-refractivity contribution in [3.63, 3.8) is 0 Å². The third-order valence-corrected chi connectivity index (χ3v) is 2.40. The molecule has 1 rings (SSSR count). The lowest BCUT2D eigenvalue weighted by Crippen LogP contribution is -1.99. The fraction of sp³-hybridized carbons (Fsp3) is 0.429. The van der Waals surface area contributed by atoms with E-state index in [9.17, 15) is 5.11 Å². The van der Waals surface area contributed by atoms with Crippen LogP contribution in [-0.2, 0) is 0 Å². The summed E-state index contributed by atoms with van der Waals surface area (Å²) in [7, 11) is 1.59. The maximum Gasteiger partial charge on any atom is 0.161 e. The van der Waals surface area contributed by atoms with E-state index in [1.54, 1.807) is 20.1 Å². The van der Waals surface area contributed by atoms with E-state index in [1.807, 2.05) is 32.1 Å². The molecule has 0 radical (unpaired) electrons. The Morgan fingerprint density at radius 2 is 2.06 bits per heavy atom. The topological polar surface area (TPSA) is 38.7 Å². The van der Waals surface area contributed by atoms with Gasteiger partial charge in [-0.3, -0.25) is 0 Å². The van der Waals surface area contributed by atoms with Crippen molar-refractivity contribution < 1.29 is 14.6 Å². The van der Waals surface area contributed by atoms with E-state index >= 15 is 0 Å². The summed E-state index contributed by atoms with van der Waals surface area (Å²) in [4.78, 5) is 0. The molecular weight excluding hydrogens is 216 g/mol. The first-order valence-corrected chi connectivity index (χ1v) is 5.66. The second kappa shape index (κ2) is 6.30. The molecule has 0 heterocycles. The van der Waals surface area contributed by atoms with Gasteiger partial charge in [-0.05, 0) is 44.5 Å². The summed E-state index contributed by atoms with van der Waals surface area (Å²) in [5.41, 5.74) is 2.03. The first-order valence-electron chi connectivity index (χ1n) is 5.66. The first-order chi connectivity index (χ1) is 8.04. The van der Waals surface area contributed by atoms with Gasteiger partial charge in [-0.2, -0.15) is 0 Å². The number of rotatable bonds is 5. The van der Waals surface area contributed by atoms with Gasteiger partial charge < -0.3 is 14.6 Å². The molecule has 0 aromatic heterocycles. The summed E-state index contributed by atoms with van der Waals surface area (Å²) < 4.78 is 10.8. The van der Waals surface area contributed by atoms with Crippen LogP contribution in [0.15, 0.2) is 29.8 Å². The predicted molar refractivity (Wildman–Crippen MR) is 68.6 cm³/mol. The molecule has 0 saturated carbocycles. The van der Waals surface area contributed by atoms with Gasteiger partial charge in [-0.1, -0.05) is 11.6 Å². The van der Waals surface area contributed by atoms with Crippen LogP contribution in [-0.4, -0.2) is 18.8 Å². The Labute approximate surface area is 103 Å². The average Bonchev–Trinajstić information content (AvgIpc) is 2.28. The number of benzene rings is 1. The molecule has 0 bridgehead atoms. The third kappa shape index (κ3) is 4.11. The van der Waals surface area contributed by atoms with E-state index in [0.717, 1.165) is 5.56 Å². The zero-order valence-electron chi connectivity index (χ0n) is 10.9. The maximum atomic E-state index is 9.48. The van der Waals surface area contributed by atoms with Crippen molar-refractivity contribution in [1.82, 2.24) is 0 Å². The molecule has 0 fully saturated rings. The zero-order chi connectivity index (χ0) is 12.8. The SMILES string of the molecule is COc1cc(C(C)O)ccc1OCC=C(C)C. The molecule has 0 aliphatic carbocycles. The van der Waals surface area contributed by atoms with Crippen LogP contribution in [0.2, 0.25) is 0 Å². The maximum absolute atomic E-state index is 9.48. The van der Waals surface area contributed by atoms with Gasteiger partial charge in [-0.15, -0.1) is 0 Å². The lowest BCUT2D eigenvalue weighted by molar-refractivity contribution is 0.198. The summed E-state index contributed by atoms with van der Waals surface area (Å²) in [6, 6.07) is 5.45. The minimum Gasteiger partial charge on any atom is -0.493 e. The summed E-state index contributed by atoms with van der Waals surface area (Å²) in [5.74, 6) is 1.33. The molecule has 3 heteroatoms. The molecule has 17 heavy (non-hydrogen) atoms. The van der Waals surface area contributed by atoms with Crippen LogP contribution in [0.3, 0.4) is 0 Å². The Kier molecular flexibility index (Phi) is 5.04. The van der Waals surface area contributed by atoms with Gasteiger partial charge >= 0.3 is 0 Å². The molecule has 1 atom stereocenters. The second-order valence-electron chi connectivity index (χ2n) is 4.18. The molecule has 0 saturated heterocycles. The summed E-state index contributed by atoms with van der Waals surface area (Å²) >= 11 is 0. The average molecular weight is 236 g/mol. The van der Waals surface area contributed by atoms with Crippen molar-refractivity contribution in [2.24, 2.45) is 0 Å². The normalized spacial score (nSPS) is 11.8. The number of aliphatic hydroxyl groups is 1. The van der Waals surface area contributed by atoms with E-state index < -0.39 is 6.10 Å². The highest BCUT2D eigenvalue weighted by atomic mass is 16.5. The van der Waals surface area contributed by atoms with E-state index in [0.29, 0.717) is 18.1 Å². The lowest BCUT2D eigenvalue weighted by Gasteiger charge is -2.12. The summed E-state index contributed by atoms with van der Waals surface area (Å²) in [6.07, 6.45) is 1.50. The van der Waals surface area contributed by atoms with Crippen LogP contribution in [0.1, 0.15) is 32.4 Å². The van der Waals surface area contributed by atoms with E-state index in [2.05, 4.69) is 0 Å². The van der Waals surface area contributed by atoms with Crippen molar-refractivity contribution in [2.45, 2.75) is 26.9 Å². The minimum atomic E-state index is -0.504. The monoisotopic (exact) mass is 236 g/mol. The Bertz CT molecular complexity index is 390. The molecule has 0 aliphatic heterocycles. The van der Waals surface area contributed by atoms with Gasteiger partial charge in [0.15, 0.2) is 11.5 Å². The Morgan fingerprint density at radius 1 is 1.35 bits per heavy atom. The van der Waals surface area contributed by atoms with Gasteiger partial charge in [0.05, 0.1) is 13.2 Å². The van der Waals surface area contributed by atoms with Crippen molar-refractivity contribution in [1.29, 1.82) is 0 Å². The Hall–Kier alpha value is -1.48. The number of ether oxygens (including phenoxy) is 2. The Morgan fingerprint density at radius 3 is 2.59 bits per heavy atom. The molecule has 0 amide bonds. The standard InChI is InChI=1S/C14H20O3/c1-10(2)7-8-17-13-6-5-12(11(3)15)9-14(13)16-4/h5-7,9,11,15H,8H2,1-4H3. The van der Waals surface area contributed by atoms with Crippen molar-refractivity contribution in [2.75, 3.05) is 13.7 Å². The predicted octanol–water partition coefficient (Wildman–Crippen LogP) is 3.09. The quantitative estimate of drug-likeness (QED) is 0.798. The molecule has 1 aromatic carbocycles. The smallest absolute Gasteiger partial charge is 0.161 e. The zero-order valence-corrected chi connectivity index (χ0v) is 10.9. The number of methoxy groups -OCH3 is 1. The van der Waals surface area contributed by atoms with Crippen LogP contribution >= 0.6 is 0 Å². The lowest BCUT2D eigenvalue weighted by atomic mass is 10.1. The number of hydrogen-bond acceptors (Lipinski definition) is 3. The molecule has 0 aliphatic rings. The highest BCUT2D eigenvalue weighted by Gasteiger charge is 2.08. The highest BCUT2D eigenvalue weighted by Crippen LogP contribution is 2.30. The van der Waals surface area contributed by atoms with Crippen LogP contribution < -0.4 is 9.47 Å². The van der Waals surface area contributed by atoms with Crippen LogP contribution in [0.25, 0.3) is 0 Å². The van der Waals surface area contributed by atoms with E-state index in [1.165, 1.54) is 5.57 Å². The van der Waals surface area contributed by atoms with Crippen molar-refractivity contribution in [3.8, 4) is 11.5 Å². The molecule has 94 valence electrons. The Balaban J connectivity index is 2.82. The van der Waals surface area contributed by atoms with Crippen LogP contribution in [0.4, 0.5) is 0 Å². The largest absolute Gasteiger partial charge is 0.493 e. The van der Waals surface area contributed by atoms with Gasteiger partial charge in [0.1, 0.15) is 6.61 Å².